The Hall–Kier alpha value is -1.60. The van der Waals surface area contributed by atoms with Gasteiger partial charge in [0, 0.05) is 24.1 Å². The topological polar surface area (TPSA) is 69.6 Å². The Morgan fingerprint density at radius 3 is 2.62 bits per heavy atom. The molecule has 7 heteroatoms. The number of hydrogen-bond donors (Lipinski definition) is 3. The monoisotopic (exact) mass is 303 g/mol. The molecule has 0 radical (unpaired) electrons. The Labute approximate surface area is 119 Å². The molecule has 1 fully saturated rings. The van der Waals surface area contributed by atoms with Crippen molar-refractivity contribution in [3.63, 3.8) is 0 Å². The lowest BCUT2D eigenvalue weighted by Crippen LogP contribution is -2.33. The highest BCUT2D eigenvalue weighted by molar-refractivity contribution is 5.94. The summed E-state index contributed by atoms with van der Waals surface area (Å²) in [5, 5.41) is 21.3. The van der Waals surface area contributed by atoms with Gasteiger partial charge in [-0.1, -0.05) is 6.07 Å². The Balaban J connectivity index is 2.05. The Morgan fingerprint density at radius 2 is 2.05 bits per heavy atom. The number of nitrogens with one attached hydrogen (secondary N) is 1. The highest BCUT2D eigenvalue weighted by atomic mass is 19.4. The van der Waals surface area contributed by atoms with E-state index >= 15 is 0 Å². The van der Waals surface area contributed by atoms with Gasteiger partial charge in [0.15, 0.2) is 0 Å². The van der Waals surface area contributed by atoms with Gasteiger partial charge in [0.25, 0.3) is 5.91 Å². The van der Waals surface area contributed by atoms with Gasteiger partial charge in [0.2, 0.25) is 0 Å². The van der Waals surface area contributed by atoms with Crippen LogP contribution in [0.1, 0.15) is 28.8 Å². The molecule has 0 aromatic heterocycles. The van der Waals surface area contributed by atoms with Gasteiger partial charge in [0.1, 0.15) is 0 Å². The van der Waals surface area contributed by atoms with E-state index in [0.717, 1.165) is 12.1 Å². The molecule has 1 aromatic rings. The minimum Gasteiger partial charge on any atom is -0.396 e. The van der Waals surface area contributed by atoms with Crippen LogP contribution in [0, 0.1) is 5.92 Å². The third-order valence-corrected chi connectivity index (χ3v) is 3.68. The summed E-state index contributed by atoms with van der Waals surface area (Å²) in [4.78, 5) is 12.0. The number of benzene rings is 1. The van der Waals surface area contributed by atoms with Crippen LogP contribution in [0.5, 0.6) is 0 Å². The summed E-state index contributed by atoms with van der Waals surface area (Å²) in [7, 11) is 0. The molecule has 4 nitrogen and oxygen atoms in total. The molecule has 0 saturated heterocycles. The number of carbonyl (C=O) groups excluding carboxylic acids is 1. The van der Waals surface area contributed by atoms with Crippen LogP contribution < -0.4 is 5.32 Å². The molecule has 1 saturated carbocycles. The fraction of sp³-hybridized carbons (Fsp3) is 0.500. The largest absolute Gasteiger partial charge is 0.416 e. The first-order valence-corrected chi connectivity index (χ1v) is 6.58. The van der Waals surface area contributed by atoms with Crippen LogP contribution in [-0.2, 0) is 6.18 Å². The molecule has 2 rings (SSSR count). The zero-order valence-electron chi connectivity index (χ0n) is 11.1. The molecule has 0 unspecified atom stereocenters. The van der Waals surface area contributed by atoms with Crippen LogP contribution in [0.2, 0.25) is 0 Å². The second kappa shape index (κ2) is 6.03. The van der Waals surface area contributed by atoms with E-state index in [1.165, 1.54) is 12.1 Å². The van der Waals surface area contributed by atoms with Crippen molar-refractivity contribution in [2.45, 2.75) is 31.2 Å². The summed E-state index contributed by atoms with van der Waals surface area (Å²) >= 11 is 0. The number of aliphatic hydroxyl groups is 2. The molecule has 116 valence electrons. The van der Waals surface area contributed by atoms with Crippen LogP contribution in [0.3, 0.4) is 0 Å². The number of halogens is 3. The second-order valence-electron chi connectivity index (χ2n) is 5.23. The third-order valence-electron chi connectivity index (χ3n) is 3.68. The van der Waals surface area contributed by atoms with Crippen LogP contribution in [-0.4, -0.2) is 34.9 Å². The molecule has 1 aliphatic carbocycles. The van der Waals surface area contributed by atoms with Crippen molar-refractivity contribution in [1.29, 1.82) is 0 Å². The van der Waals surface area contributed by atoms with E-state index in [9.17, 15) is 23.1 Å². The smallest absolute Gasteiger partial charge is 0.396 e. The van der Waals surface area contributed by atoms with Crippen LogP contribution in [0.4, 0.5) is 13.2 Å². The van der Waals surface area contributed by atoms with Gasteiger partial charge in [-0.3, -0.25) is 4.79 Å². The Kier molecular flexibility index (Phi) is 4.53. The van der Waals surface area contributed by atoms with Crippen molar-refractivity contribution in [1.82, 2.24) is 5.32 Å². The number of amides is 1. The average Bonchev–Trinajstić information content (AvgIpc) is 2.78. The highest BCUT2D eigenvalue weighted by Gasteiger charge is 2.34. The molecular weight excluding hydrogens is 287 g/mol. The number of alkyl halides is 3. The van der Waals surface area contributed by atoms with Crippen molar-refractivity contribution < 1.29 is 28.2 Å². The molecule has 21 heavy (non-hydrogen) atoms. The summed E-state index contributed by atoms with van der Waals surface area (Å²) in [6, 6.07) is 3.83. The quantitative estimate of drug-likeness (QED) is 0.794. The third kappa shape index (κ3) is 3.74. The molecular formula is C14H16F3NO3. The number of rotatable bonds is 3. The minimum atomic E-state index is -4.50. The fourth-order valence-corrected chi connectivity index (χ4v) is 2.52. The lowest BCUT2D eigenvalue weighted by Gasteiger charge is -2.13. The van der Waals surface area contributed by atoms with Gasteiger partial charge in [-0.15, -0.1) is 0 Å². The summed E-state index contributed by atoms with van der Waals surface area (Å²) in [6.45, 7) is -0.183. The zero-order valence-corrected chi connectivity index (χ0v) is 11.1. The zero-order chi connectivity index (χ0) is 15.6. The standard InChI is InChI=1S/C14H16F3NO3/c15-14(16,17)10-3-1-2-8(4-10)13(21)18-11-5-9(7-19)12(20)6-11/h1-4,9,11-12,19-20H,5-7H2,(H,18,21)/t9-,11+,12-/m1/s1. The van der Waals surface area contributed by atoms with Crippen molar-refractivity contribution in [3.05, 3.63) is 35.4 Å². The van der Waals surface area contributed by atoms with Crippen LogP contribution in [0.15, 0.2) is 24.3 Å². The fourth-order valence-electron chi connectivity index (χ4n) is 2.52. The maximum Gasteiger partial charge on any atom is 0.416 e. The predicted molar refractivity (Wildman–Crippen MR) is 68.5 cm³/mol. The van der Waals surface area contributed by atoms with Gasteiger partial charge in [-0.2, -0.15) is 13.2 Å². The van der Waals surface area contributed by atoms with Crippen molar-refractivity contribution in [3.8, 4) is 0 Å². The normalized spacial score (nSPS) is 25.9. The average molecular weight is 303 g/mol. The molecule has 3 atom stereocenters. The van der Waals surface area contributed by atoms with Gasteiger partial charge in [-0.05, 0) is 31.0 Å². The summed E-state index contributed by atoms with van der Waals surface area (Å²) < 4.78 is 37.8. The summed E-state index contributed by atoms with van der Waals surface area (Å²) in [5.74, 6) is -0.923. The molecule has 1 aromatic carbocycles. The predicted octanol–water partition coefficient (Wildman–Crippen LogP) is 1.57. The summed E-state index contributed by atoms with van der Waals surface area (Å²) in [6.07, 6.45) is -4.51. The molecule has 1 aliphatic rings. The maximum absolute atomic E-state index is 12.6. The van der Waals surface area contributed by atoms with Gasteiger partial charge < -0.3 is 15.5 Å². The van der Waals surface area contributed by atoms with E-state index < -0.39 is 23.8 Å². The number of hydrogen-bond acceptors (Lipinski definition) is 3. The van der Waals surface area contributed by atoms with E-state index in [0.29, 0.717) is 6.42 Å². The van der Waals surface area contributed by atoms with Gasteiger partial charge in [-0.25, -0.2) is 0 Å². The van der Waals surface area contributed by atoms with Crippen molar-refractivity contribution in [2.75, 3.05) is 6.61 Å². The molecule has 0 spiro atoms. The lowest BCUT2D eigenvalue weighted by atomic mass is 10.1. The molecule has 0 bridgehead atoms. The van der Waals surface area contributed by atoms with E-state index in [1.54, 1.807) is 0 Å². The first-order chi connectivity index (χ1) is 9.81. The van der Waals surface area contributed by atoms with E-state index in [1.807, 2.05) is 0 Å². The SMILES string of the molecule is O=C(N[C@H]1C[C@H](CO)[C@H](O)C1)c1cccc(C(F)(F)F)c1. The molecule has 0 heterocycles. The minimum absolute atomic E-state index is 0.0771. The maximum atomic E-state index is 12.6. The molecule has 3 N–H and O–H groups in total. The van der Waals surface area contributed by atoms with Gasteiger partial charge in [0.05, 0.1) is 11.7 Å². The highest BCUT2D eigenvalue weighted by Crippen LogP contribution is 2.30. The van der Waals surface area contributed by atoms with Crippen LogP contribution in [0.25, 0.3) is 0 Å². The van der Waals surface area contributed by atoms with E-state index in [-0.39, 0.29) is 30.6 Å². The number of aliphatic hydroxyl groups excluding tert-OH is 2. The second-order valence-corrected chi connectivity index (χ2v) is 5.23. The molecule has 0 aliphatic heterocycles. The van der Waals surface area contributed by atoms with Gasteiger partial charge >= 0.3 is 6.18 Å². The molecule has 1 amide bonds. The number of carbonyl (C=O) groups is 1. The first-order valence-electron chi connectivity index (χ1n) is 6.58. The Morgan fingerprint density at radius 1 is 1.33 bits per heavy atom. The van der Waals surface area contributed by atoms with E-state index in [2.05, 4.69) is 5.32 Å². The van der Waals surface area contributed by atoms with Crippen molar-refractivity contribution >= 4 is 5.91 Å². The lowest BCUT2D eigenvalue weighted by molar-refractivity contribution is -0.137. The van der Waals surface area contributed by atoms with Crippen molar-refractivity contribution in [2.24, 2.45) is 5.92 Å². The van der Waals surface area contributed by atoms with Crippen LogP contribution >= 0.6 is 0 Å². The first kappa shape index (κ1) is 15.8. The Bertz CT molecular complexity index is 518. The van der Waals surface area contributed by atoms with E-state index in [4.69, 9.17) is 5.11 Å². The summed E-state index contributed by atoms with van der Waals surface area (Å²) in [5.41, 5.74) is -0.957.